The molecule has 9 heteroatoms. The molecule has 0 radical (unpaired) electrons. The SMILES string of the molecule is O=C(c1ccccc1NS(=O)(=O)c1cc(Cl)ccc1Cl)N1CCN(c2ccccc2)CC1. The van der Waals surface area contributed by atoms with Crippen molar-refractivity contribution in [3.05, 3.63) is 88.4 Å². The molecule has 166 valence electrons. The molecule has 0 aromatic heterocycles. The number of carbonyl (C=O) groups excluding carboxylic acids is 1. The van der Waals surface area contributed by atoms with Gasteiger partial charge in [0.15, 0.2) is 0 Å². The lowest BCUT2D eigenvalue weighted by atomic mass is 10.1. The van der Waals surface area contributed by atoms with Crippen LogP contribution in [0.2, 0.25) is 10.0 Å². The van der Waals surface area contributed by atoms with E-state index in [9.17, 15) is 13.2 Å². The van der Waals surface area contributed by atoms with E-state index in [1.54, 1.807) is 29.2 Å². The summed E-state index contributed by atoms with van der Waals surface area (Å²) in [6, 6.07) is 20.8. The van der Waals surface area contributed by atoms with Crippen LogP contribution in [-0.2, 0) is 10.0 Å². The Bertz CT molecular complexity index is 1230. The zero-order valence-electron chi connectivity index (χ0n) is 17.0. The number of amides is 1. The highest BCUT2D eigenvalue weighted by Gasteiger charge is 2.26. The highest BCUT2D eigenvalue weighted by atomic mass is 35.5. The summed E-state index contributed by atoms with van der Waals surface area (Å²) in [7, 11) is -4.04. The van der Waals surface area contributed by atoms with Crippen LogP contribution in [0.3, 0.4) is 0 Å². The molecule has 0 atom stereocenters. The Labute approximate surface area is 197 Å². The van der Waals surface area contributed by atoms with Crippen molar-refractivity contribution >= 4 is 50.5 Å². The first-order valence-electron chi connectivity index (χ1n) is 10.0. The largest absolute Gasteiger partial charge is 0.368 e. The van der Waals surface area contributed by atoms with Gasteiger partial charge in [0.25, 0.3) is 15.9 Å². The summed E-state index contributed by atoms with van der Waals surface area (Å²) in [5.41, 5.74) is 1.59. The van der Waals surface area contributed by atoms with Gasteiger partial charge in [0.1, 0.15) is 4.90 Å². The van der Waals surface area contributed by atoms with Gasteiger partial charge in [0.2, 0.25) is 0 Å². The molecule has 32 heavy (non-hydrogen) atoms. The van der Waals surface area contributed by atoms with E-state index >= 15 is 0 Å². The van der Waals surface area contributed by atoms with E-state index < -0.39 is 10.0 Å². The first kappa shape index (κ1) is 22.5. The predicted molar refractivity (Wildman–Crippen MR) is 128 cm³/mol. The molecule has 3 aromatic carbocycles. The molecule has 6 nitrogen and oxygen atoms in total. The van der Waals surface area contributed by atoms with Crippen LogP contribution < -0.4 is 9.62 Å². The van der Waals surface area contributed by atoms with Gasteiger partial charge in [-0.05, 0) is 42.5 Å². The molecule has 1 N–H and O–H groups in total. The van der Waals surface area contributed by atoms with Gasteiger partial charge in [-0.25, -0.2) is 8.42 Å². The van der Waals surface area contributed by atoms with E-state index in [0.29, 0.717) is 26.2 Å². The number of nitrogens with zero attached hydrogens (tertiary/aromatic N) is 2. The van der Waals surface area contributed by atoms with Crippen molar-refractivity contribution < 1.29 is 13.2 Å². The molecule has 1 amide bonds. The molecule has 0 saturated carbocycles. The Morgan fingerprint density at radius 3 is 2.22 bits per heavy atom. The standard InChI is InChI=1S/C23H21Cl2N3O3S/c24-17-10-11-20(25)22(16-17)32(30,31)26-21-9-5-4-8-19(21)23(29)28-14-12-27(13-15-28)18-6-2-1-3-7-18/h1-11,16,26H,12-15H2. The minimum atomic E-state index is -4.04. The molecular weight excluding hydrogens is 469 g/mol. The summed E-state index contributed by atoms with van der Waals surface area (Å²) in [6.07, 6.45) is 0. The summed E-state index contributed by atoms with van der Waals surface area (Å²) in [6.45, 7) is 2.47. The maximum absolute atomic E-state index is 13.2. The highest BCUT2D eigenvalue weighted by molar-refractivity contribution is 7.92. The molecule has 0 unspecified atom stereocenters. The second-order valence-electron chi connectivity index (χ2n) is 7.34. The fourth-order valence-corrected chi connectivity index (χ4v) is 5.46. The number of carbonyl (C=O) groups is 1. The molecular formula is C23H21Cl2N3O3S. The number of piperazine rings is 1. The third kappa shape index (κ3) is 4.85. The average Bonchev–Trinajstić information content (AvgIpc) is 2.81. The monoisotopic (exact) mass is 489 g/mol. The van der Waals surface area contributed by atoms with Crippen molar-refractivity contribution in [3.63, 3.8) is 0 Å². The fourth-order valence-electron chi connectivity index (χ4n) is 3.62. The van der Waals surface area contributed by atoms with Crippen molar-refractivity contribution in [2.24, 2.45) is 0 Å². The fraction of sp³-hybridized carbons (Fsp3) is 0.174. The van der Waals surface area contributed by atoms with E-state index in [2.05, 4.69) is 9.62 Å². The summed E-state index contributed by atoms with van der Waals surface area (Å²) < 4.78 is 28.4. The van der Waals surface area contributed by atoms with E-state index in [1.165, 1.54) is 18.2 Å². The Balaban J connectivity index is 1.52. The number of benzene rings is 3. The van der Waals surface area contributed by atoms with Crippen LogP contribution in [0.25, 0.3) is 0 Å². The Morgan fingerprint density at radius 1 is 0.844 bits per heavy atom. The molecule has 1 fully saturated rings. The quantitative estimate of drug-likeness (QED) is 0.560. The van der Waals surface area contributed by atoms with E-state index in [1.807, 2.05) is 30.3 Å². The Hall–Kier alpha value is -2.74. The second kappa shape index (κ2) is 9.40. The zero-order valence-corrected chi connectivity index (χ0v) is 19.4. The topological polar surface area (TPSA) is 69.7 Å². The van der Waals surface area contributed by atoms with Gasteiger partial charge in [-0.2, -0.15) is 0 Å². The molecule has 0 spiro atoms. The number of rotatable bonds is 5. The van der Waals surface area contributed by atoms with Crippen LogP contribution >= 0.6 is 23.2 Å². The lowest BCUT2D eigenvalue weighted by Crippen LogP contribution is -2.48. The minimum Gasteiger partial charge on any atom is -0.368 e. The number of halogens is 2. The zero-order chi connectivity index (χ0) is 22.7. The Morgan fingerprint density at radius 2 is 1.50 bits per heavy atom. The third-order valence-corrected chi connectivity index (χ3v) is 7.35. The van der Waals surface area contributed by atoms with Gasteiger partial charge < -0.3 is 9.80 Å². The molecule has 1 aliphatic rings. The highest BCUT2D eigenvalue weighted by Crippen LogP contribution is 2.28. The first-order chi connectivity index (χ1) is 15.3. The number of hydrogen-bond donors (Lipinski definition) is 1. The molecule has 0 bridgehead atoms. The molecule has 3 aromatic rings. The summed E-state index contributed by atoms with van der Waals surface area (Å²) in [5.74, 6) is -0.229. The van der Waals surface area contributed by atoms with Gasteiger partial charge in [-0.1, -0.05) is 53.5 Å². The van der Waals surface area contributed by atoms with Crippen molar-refractivity contribution in [1.29, 1.82) is 0 Å². The maximum atomic E-state index is 13.2. The van der Waals surface area contributed by atoms with Crippen LogP contribution in [0.5, 0.6) is 0 Å². The minimum absolute atomic E-state index is 0.0442. The van der Waals surface area contributed by atoms with Crippen LogP contribution in [0.15, 0.2) is 77.7 Å². The van der Waals surface area contributed by atoms with Crippen LogP contribution in [0, 0.1) is 0 Å². The van der Waals surface area contributed by atoms with E-state index in [-0.39, 0.29) is 32.1 Å². The number of sulfonamides is 1. The lowest BCUT2D eigenvalue weighted by Gasteiger charge is -2.36. The van der Waals surface area contributed by atoms with Crippen molar-refractivity contribution in [1.82, 2.24) is 4.90 Å². The van der Waals surface area contributed by atoms with Crippen LogP contribution in [0.1, 0.15) is 10.4 Å². The van der Waals surface area contributed by atoms with Gasteiger partial charge in [-0.15, -0.1) is 0 Å². The van der Waals surface area contributed by atoms with Gasteiger partial charge in [0, 0.05) is 36.9 Å². The van der Waals surface area contributed by atoms with Crippen LogP contribution in [-0.4, -0.2) is 45.4 Å². The average molecular weight is 490 g/mol. The number of hydrogen-bond acceptors (Lipinski definition) is 4. The lowest BCUT2D eigenvalue weighted by molar-refractivity contribution is 0.0748. The summed E-state index contributed by atoms with van der Waals surface area (Å²) in [4.78, 5) is 17.0. The predicted octanol–water partition coefficient (Wildman–Crippen LogP) is 4.76. The smallest absolute Gasteiger partial charge is 0.263 e. The van der Waals surface area contributed by atoms with Gasteiger partial charge in [0.05, 0.1) is 16.3 Å². The van der Waals surface area contributed by atoms with E-state index in [0.717, 1.165) is 5.69 Å². The summed E-state index contributed by atoms with van der Waals surface area (Å²) >= 11 is 12.0. The van der Waals surface area contributed by atoms with Crippen molar-refractivity contribution in [3.8, 4) is 0 Å². The van der Waals surface area contributed by atoms with Crippen molar-refractivity contribution in [2.75, 3.05) is 35.8 Å². The molecule has 0 aliphatic carbocycles. The second-order valence-corrected chi connectivity index (χ2v) is 9.84. The number of anilines is 2. The van der Waals surface area contributed by atoms with E-state index in [4.69, 9.17) is 23.2 Å². The van der Waals surface area contributed by atoms with Crippen LogP contribution in [0.4, 0.5) is 11.4 Å². The number of nitrogens with one attached hydrogen (secondary N) is 1. The Kier molecular flexibility index (Phi) is 6.60. The normalized spacial score (nSPS) is 14.3. The number of para-hydroxylation sites is 2. The third-order valence-electron chi connectivity index (χ3n) is 5.27. The summed E-state index contributed by atoms with van der Waals surface area (Å²) in [5, 5.41) is 0.290. The molecule has 1 aliphatic heterocycles. The molecule has 4 rings (SSSR count). The molecule has 1 saturated heterocycles. The maximum Gasteiger partial charge on any atom is 0.263 e. The van der Waals surface area contributed by atoms with Gasteiger partial charge >= 0.3 is 0 Å². The van der Waals surface area contributed by atoms with Crippen molar-refractivity contribution in [2.45, 2.75) is 4.90 Å². The first-order valence-corrected chi connectivity index (χ1v) is 12.3. The van der Waals surface area contributed by atoms with Gasteiger partial charge in [-0.3, -0.25) is 9.52 Å². The molecule has 1 heterocycles.